The van der Waals surface area contributed by atoms with E-state index in [-0.39, 0.29) is 5.82 Å². The monoisotopic (exact) mass is 338 g/mol. The van der Waals surface area contributed by atoms with Crippen molar-refractivity contribution in [3.05, 3.63) is 55.9 Å². The number of thiophene rings is 1. The highest BCUT2D eigenvalue weighted by atomic mass is 79.9. The highest BCUT2D eigenvalue weighted by molar-refractivity contribution is 9.11. The smallest absolute Gasteiger partial charge is 0.127 e. The molecule has 0 atom stereocenters. The Morgan fingerprint density at radius 2 is 2.16 bits per heavy atom. The van der Waals surface area contributed by atoms with E-state index in [9.17, 15) is 4.39 Å². The summed E-state index contributed by atoms with van der Waals surface area (Å²) in [5, 5.41) is 12.0. The molecule has 0 aliphatic rings. The normalized spacial score (nSPS) is 10.4. The van der Waals surface area contributed by atoms with Crippen LogP contribution in [0.2, 0.25) is 0 Å². The van der Waals surface area contributed by atoms with Gasteiger partial charge in [0.15, 0.2) is 0 Å². The largest absolute Gasteiger partial charge is 0.312 e. The summed E-state index contributed by atoms with van der Waals surface area (Å²) in [5.74, 6) is -0.273. The van der Waals surface area contributed by atoms with E-state index >= 15 is 0 Å². The van der Waals surface area contributed by atoms with E-state index in [1.165, 1.54) is 17.0 Å². The Morgan fingerprint density at radius 3 is 2.84 bits per heavy atom. The van der Waals surface area contributed by atoms with Gasteiger partial charge in [0.2, 0.25) is 0 Å². The van der Waals surface area contributed by atoms with Gasteiger partial charge in [-0.05, 0) is 52.7 Å². The second-order valence-electron chi connectivity index (χ2n) is 4.05. The van der Waals surface area contributed by atoms with Gasteiger partial charge in [-0.15, -0.1) is 11.3 Å². The zero-order valence-electron chi connectivity index (χ0n) is 10.1. The van der Waals surface area contributed by atoms with Crippen molar-refractivity contribution in [2.75, 3.05) is 6.54 Å². The summed E-state index contributed by atoms with van der Waals surface area (Å²) in [7, 11) is 0. The lowest BCUT2D eigenvalue weighted by Crippen LogP contribution is -2.17. The molecule has 0 fully saturated rings. The first-order valence-corrected chi connectivity index (χ1v) is 7.43. The molecule has 2 rings (SSSR count). The van der Waals surface area contributed by atoms with Crippen LogP contribution in [-0.4, -0.2) is 6.54 Å². The van der Waals surface area contributed by atoms with Crippen LogP contribution in [-0.2, 0) is 13.0 Å². The van der Waals surface area contributed by atoms with E-state index in [1.54, 1.807) is 17.4 Å². The third-order valence-electron chi connectivity index (χ3n) is 2.67. The van der Waals surface area contributed by atoms with Crippen LogP contribution in [0.3, 0.4) is 0 Å². The Bertz CT molecular complexity index is 604. The standard InChI is InChI=1S/C14H12BrFN2S/c15-14-4-2-12(19-14)5-6-18-9-11-7-10(8-17)1-3-13(11)16/h1-4,7,18H,5-6,9H2. The zero-order chi connectivity index (χ0) is 13.7. The number of nitriles is 1. The first kappa shape index (κ1) is 14.2. The fraction of sp³-hybridized carbons (Fsp3) is 0.214. The van der Waals surface area contributed by atoms with Gasteiger partial charge in [0.1, 0.15) is 5.82 Å². The fourth-order valence-electron chi connectivity index (χ4n) is 1.70. The zero-order valence-corrected chi connectivity index (χ0v) is 12.5. The molecule has 0 saturated carbocycles. The Hall–Kier alpha value is -1.22. The molecule has 0 radical (unpaired) electrons. The molecule has 0 aliphatic carbocycles. The number of rotatable bonds is 5. The highest BCUT2D eigenvalue weighted by Crippen LogP contribution is 2.22. The van der Waals surface area contributed by atoms with Crippen molar-refractivity contribution < 1.29 is 4.39 Å². The van der Waals surface area contributed by atoms with Crippen molar-refractivity contribution in [2.24, 2.45) is 0 Å². The van der Waals surface area contributed by atoms with Gasteiger partial charge in [-0.3, -0.25) is 0 Å². The number of halogens is 2. The quantitative estimate of drug-likeness (QED) is 0.840. The molecule has 19 heavy (non-hydrogen) atoms. The van der Waals surface area contributed by atoms with E-state index < -0.39 is 0 Å². The lowest BCUT2D eigenvalue weighted by Gasteiger charge is -2.05. The summed E-state index contributed by atoms with van der Waals surface area (Å²) in [6.45, 7) is 1.22. The Morgan fingerprint density at radius 1 is 1.32 bits per heavy atom. The molecule has 0 unspecified atom stereocenters. The topological polar surface area (TPSA) is 35.8 Å². The van der Waals surface area contributed by atoms with Gasteiger partial charge >= 0.3 is 0 Å². The molecule has 98 valence electrons. The Kier molecular flexibility index (Phi) is 5.08. The summed E-state index contributed by atoms with van der Waals surface area (Å²) in [4.78, 5) is 1.28. The predicted octanol–water partition coefficient (Wildman–Crippen LogP) is 3.85. The fourth-order valence-corrected chi connectivity index (χ4v) is 3.18. The van der Waals surface area contributed by atoms with Crippen LogP contribution in [0.5, 0.6) is 0 Å². The number of hydrogen-bond acceptors (Lipinski definition) is 3. The van der Waals surface area contributed by atoms with Crippen LogP contribution in [0.4, 0.5) is 4.39 Å². The summed E-state index contributed by atoms with van der Waals surface area (Å²) >= 11 is 5.12. The third kappa shape index (κ3) is 4.13. The molecule has 0 aliphatic heterocycles. The molecule has 0 saturated heterocycles. The lowest BCUT2D eigenvalue weighted by molar-refractivity contribution is 0.588. The van der Waals surface area contributed by atoms with Crippen molar-refractivity contribution in [1.29, 1.82) is 5.26 Å². The van der Waals surface area contributed by atoms with Gasteiger partial charge in [-0.25, -0.2) is 4.39 Å². The summed E-state index contributed by atoms with van der Waals surface area (Å²) < 4.78 is 14.6. The van der Waals surface area contributed by atoms with Crippen molar-refractivity contribution in [1.82, 2.24) is 5.32 Å². The first-order valence-electron chi connectivity index (χ1n) is 5.82. The maximum atomic E-state index is 13.5. The lowest BCUT2D eigenvalue weighted by atomic mass is 10.1. The number of hydrogen-bond donors (Lipinski definition) is 1. The number of benzene rings is 1. The average molecular weight is 339 g/mol. The molecule has 5 heteroatoms. The van der Waals surface area contributed by atoms with Gasteiger partial charge < -0.3 is 5.32 Å². The van der Waals surface area contributed by atoms with E-state index in [4.69, 9.17) is 5.26 Å². The minimum absolute atomic E-state index is 0.273. The van der Waals surface area contributed by atoms with Crippen LogP contribution >= 0.6 is 27.3 Å². The van der Waals surface area contributed by atoms with E-state index in [0.717, 1.165) is 16.8 Å². The van der Waals surface area contributed by atoms with Crippen molar-refractivity contribution >= 4 is 27.3 Å². The molecule has 0 amide bonds. The van der Waals surface area contributed by atoms with Gasteiger partial charge in [0.05, 0.1) is 15.4 Å². The third-order valence-corrected chi connectivity index (χ3v) is 4.35. The van der Waals surface area contributed by atoms with E-state index in [2.05, 4.69) is 27.3 Å². The summed E-state index contributed by atoms with van der Waals surface area (Å²) in [5.41, 5.74) is 1.02. The Balaban J connectivity index is 1.84. The highest BCUT2D eigenvalue weighted by Gasteiger charge is 2.03. The molecule has 1 aromatic carbocycles. The summed E-state index contributed by atoms with van der Waals surface area (Å²) in [6, 6.07) is 10.5. The first-order chi connectivity index (χ1) is 9.19. The minimum atomic E-state index is -0.273. The van der Waals surface area contributed by atoms with Crippen LogP contribution in [0, 0.1) is 17.1 Å². The van der Waals surface area contributed by atoms with Crippen LogP contribution < -0.4 is 5.32 Å². The number of nitrogens with zero attached hydrogens (tertiary/aromatic N) is 1. The SMILES string of the molecule is N#Cc1ccc(F)c(CNCCc2ccc(Br)s2)c1. The van der Waals surface area contributed by atoms with Gasteiger partial charge in [-0.1, -0.05) is 0 Å². The average Bonchev–Trinajstić information content (AvgIpc) is 2.82. The van der Waals surface area contributed by atoms with Crippen LogP contribution in [0.15, 0.2) is 34.1 Å². The maximum absolute atomic E-state index is 13.5. The van der Waals surface area contributed by atoms with Gasteiger partial charge in [0.25, 0.3) is 0 Å². The van der Waals surface area contributed by atoms with Crippen LogP contribution in [0.1, 0.15) is 16.0 Å². The minimum Gasteiger partial charge on any atom is -0.312 e. The van der Waals surface area contributed by atoms with E-state index in [0.29, 0.717) is 17.7 Å². The van der Waals surface area contributed by atoms with E-state index in [1.807, 2.05) is 12.1 Å². The maximum Gasteiger partial charge on any atom is 0.127 e. The van der Waals surface area contributed by atoms with Gasteiger partial charge in [0, 0.05) is 23.5 Å². The molecular formula is C14H12BrFN2S. The molecule has 1 aromatic heterocycles. The molecule has 0 bridgehead atoms. The molecule has 0 spiro atoms. The predicted molar refractivity (Wildman–Crippen MR) is 78.5 cm³/mol. The molecule has 1 heterocycles. The number of nitrogens with one attached hydrogen (secondary N) is 1. The van der Waals surface area contributed by atoms with Crippen molar-refractivity contribution in [3.8, 4) is 6.07 Å². The second kappa shape index (κ2) is 6.80. The summed E-state index contributed by atoms with van der Waals surface area (Å²) in [6.07, 6.45) is 0.913. The molecule has 2 nitrogen and oxygen atoms in total. The van der Waals surface area contributed by atoms with Crippen molar-refractivity contribution in [2.45, 2.75) is 13.0 Å². The van der Waals surface area contributed by atoms with Crippen molar-refractivity contribution in [3.63, 3.8) is 0 Å². The van der Waals surface area contributed by atoms with Gasteiger partial charge in [-0.2, -0.15) is 5.26 Å². The molecule has 1 N–H and O–H groups in total. The molecular weight excluding hydrogens is 327 g/mol. The van der Waals surface area contributed by atoms with Crippen LogP contribution in [0.25, 0.3) is 0 Å². The second-order valence-corrected chi connectivity index (χ2v) is 6.60. The molecule has 2 aromatic rings. The Labute approximate surface area is 124 Å².